The Kier molecular flexibility index (Phi) is 3.56. The maximum atomic E-state index is 12.6. The van der Waals surface area contributed by atoms with Crippen molar-refractivity contribution in [1.29, 1.82) is 0 Å². The summed E-state index contributed by atoms with van der Waals surface area (Å²) < 4.78 is 43.4. The average molecular weight is 373 g/mol. The first-order valence-electron chi connectivity index (χ1n) is 6.16. The molecule has 0 saturated heterocycles. The number of alkyl halides is 3. The van der Waals surface area contributed by atoms with Gasteiger partial charge in [-0.3, -0.25) is 9.36 Å². The number of furan rings is 1. The second kappa shape index (κ2) is 5.28. The van der Waals surface area contributed by atoms with E-state index in [0.717, 1.165) is 0 Å². The van der Waals surface area contributed by atoms with Gasteiger partial charge in [0.25, 0.3) is 5.56 Å². The van der Waals surface area contributed by atoms with Crippen LogP contribution in [0.2, 0.25) is 0 Å². The zero-order chi connectivity index (χ0) is 15.9. The molecule has 8 heteroatoms. The Balaban J connectivity index is 2.27. The van der Waals surface area contributed by atoms with Gasteiger partial charge in [0.1, 0.15) is 18.2 Å². The lowest BCUT2D eigenvalue weighted by Gasteiger charge is -2.10. The van der Waals surface area contributed by atoms with Crippen LogP contribution in [0.25, 0.3) is 22.2 Å². The van der Waals surface area contributed by atoms with E-state index in [0.29, 0.717) is 15.7 Å². The molecule has 0 bridgehead atoms. The minimum absolute atomic E-state index is 0.00541. The van der Waals surface area contributed by atoms with E-state index in [1.54, 1.807) is 30.3 Å². The monoisotopic (exact) mass is 372 g/mol. The minimum Gasteiger partial charge on any atom is -0.445 e. The Morgan fingerprint density at radius 3 is 2.55 bits per heavy atom. The van der Waals surface area contributed by atoms with Gasteiger partial charge in [0.05, 0.1) is 0 Å². The van der Waals surface area contributed by atoms with E-state index in [4.69, 9.17) is 4.42 Å². The van der Waals surface area contributed by atoms with Gasteiger partial charge in [-0.05, 0) is 21.5 Å². The van der Waals surface area contributed by atoms with Crippen molar-refractivity contribution in [3.63, 3.8) is 0 Å². The van der Waals surface area contributed by atoms with Gasteiger partial charge >= 0.3 is 6.18 Å². The van der Waals surface area contributed by atoms with Crippen LogP contribution in [0, 0.1) is 0 Å². The molecular formula is C14H8BrF3N2O2. The summed E-state index contributed by atoms with van der Waals surface area (Å²) in [5.41, 5.74) is 0.272. The fraction of sp³-hybridized carbons (Fsp3) is 0.143. The molecule has 0 aliphatic carbocycles. The number of fused-ring (bicyclic) bond motifs is 1. The van der Waals surface area contributed by atoms with Crippen LogP contribution in [-0.4, -0.2) is 15.7 Å². The van der Waals surface area contributed by atoms with Crippen LogP contribution in [0.5, 0.6) is 0 Å². The zero-order valence-electron chi connectivity index (χ0n) is 10.9. The molecule has 114 valence electrons. The topological polar surface area (TPSA) is 48.0 Å². The van der Waals surface area contributed by atoms with Crippen molar-refractivity contribution in [2.24, 2.45) is 0 Å². The first-order valence-corrected chi connectivity index (χ1v) is 6.96. The van der Waals surface area contributed by atoms with Crippen LogP contribution in [0.3, 0.4) is 0 Å². The summed E-state index contributed by atoms with van der Waals surface area (Å²) in [4.78, 5) is 16.3. The lowest BCUT2D eigenvalue weighted by atomic mass is 10.1. The standard InChI is InChI=1S/C14H8BrF3N2O2/c15-13-19-11-10(12(21)20(13)7-14(16,17)18)9(6-22-11)8-4-2-1-3-5-8/h1-6H,7H2. The summed E-state index contributed by atoms with van der Waals surface area (Å²) in [5, 5.41) is 0.0265. The van der Waals surface area contributed by atoms with Gasteiger partial charge < -0.3 is 4.42 Å². The third-order valence-corrected chi connectivity index (χ3v) is 3.67. The van der Waals surface area contributed by atoms with Gasteiger partial charge in [-0.15, -0.1) is 0 Å². The van der Waals surface area contributed by atoms with E-state index >= 15 is 0 Å². The highest BCUT2D eigenvalue weighted by molar-refractivity contribution is 9.10. The molecule has 0 aliphatic rings. The quantitative estimate of drug-likeness (QED) is 0.639. The predicted octanol–water partition coefficient (Wildman–Crippen LogP) is 3.98. The van der Waals surface area contributed by atoms with Gasteiger partial charge in [-0.25, -0.2) is 0 Å². The molecule has 3 aromatic rings. The normalized spacial score (nSPS) is 12.0. The van der Waals surface area contributed by atoms with E-state index < -0.39 is 18.3 Å². The number of halogens is 4. The number of hydrogen-bond donors (Lipinski definition) is 0. The van der Waals surface area contributed by atoms with Crippen molar-refractivity contribution in [3.05, 3.63) is 51.7 Å². The van der Waals surface area contributed by atoms with Crippen molar-refractivity contribution in [2.75, 3.05) is 0 Å². The summed E-state index contributed by atoms with van der Waals surface area (Å²) in [6.45, 7) is -1.42. The third kappa shape index (κ3) is 2.66. The molecule has 0 fully saturated rings. The van der Waals surface area contributed by atoms with E-state index in [2.05, 4.69) is 20.9 Å². The fourth-order valence-corrected chi connectivity index (χ4v) is 2.59. The molecule has 0 N–H and O–H groups in total. The number of nitrogens with zero attached hydrogens (tertiary/aromatic N) is 2. The van der Waals surface area contributed by atoms with Gasteiger partial charge in [0.2, 0.25) is 5.71 Å². The molecule has 0 amide bonds. The van der Waals surface area contributed by atoms with E-state index in [1.807, 2.05) is 0 Å². The third-order valence-electron chi connectivity index (χ3n) is 3.07. The molecule has 1 aromatic carbocycles. The van der Waals surface area contributed by atoms with Crippen LogP contribution in [0.1, 0.15) is 0 Å². The largest absolute Gasteiger partial charge is 0.445 e. The lowest BCUT2D eigenvalue weighted by molar-refractivity contribution is -0.141. The van der Waals surface area contributed by atoms with E-state index in [1.165, 1.54) is 6.26 Å². The Hall–Kier alpha value is -2.09. The molecule has 22 heavy (non-hydrogen) atoms. The number of rotatable bonds is 2. The number of aromatic nitrogens is 2. The number of hydrogen-bond acceptors (Lipinski definition) is 3. The van der Waals surface area contributed by atoms with Gasteiger partial charge in [-0.1, -0.05) is 30.3 Å². The second-order valence-electron chi connectivity index (χ2n) is 4.58. The van der Waals surface area contributed by atoms with Gasteiger partial charge in [0.15, 0.2) is 4.73 Å². The smallest absolute Gasteiger partial charge is 0.406 e. The maximum Gasteiger partial charge on any atom is 0.406 e. The summed E-state index contributed by atoms with van der Waals surface area (Å²) in [7, 11) is 0. The van der Waals surface area contributed by atoms with Crippen molar-refractivity contribution in [2.45, 2.75) is 12.7 Å². The minimum atomic E-state index is -4.53. The van der Waals surface area contributed by atoms with Crippen LogP contribution in [0.4, 0.5) is 13.2 Å². The first-order chi connectivity index (χ1) is 10.4. The summed E-state index contributed by atoms with van der Waals surface area (Å²) >= 11 is 2.88. The Morgan fingerprint density at radius 2 is 1.91 bits per heavy atom. The Labute approximate surface area is 130 Å². The van der Waals surface area contributed by atoms with Crippen molar-refractivity contribution < 1.29 is 17.6 Å². The van der Waals surface area contributed by atoms with Crippen LogP contribution in [0.15, 0.2) is 50.5 Å². The highest BCUT2D eigenvalue weighted by Gasteiger charge is 2.31. The summed E-state index contributed by atoms with van der Waals surface area (Å²) in [6, 6.07) is 8.78. The highest BCUT2D eigenvalue weighted by Crippen LogP contribution is 2.28. The molecule has 0 saturated carbocycles. The highest BCUT2D eigenvalue weighted by atomic mass is 79.9. The van der Waals surface area contributed by atoms with Crippen molar-refractivity contribution in [3.8, 4) is 11.1 Å². The zero-order valence-corrected chi connectivity index (χ0v) is 12.5. The molecule has 0 unspecified atom stereocenters. The van der Waals surface area contributed by atoms with Crippen LogP contribution >= 0.6 is 15.9 Å². The Morgan fingerprint density at radius 1 is 1.23 bits per heavy atom. The Bertz CT molecular complexity index is 885. The molecule has 4 nitrogen and oxygen atoms in total. The fourth-order valence-electron chi connectivity index (χ4n) is 2.15. The summed E-state index contributed by atoms with van der Waals surface area (Å²) in [5.74, 6) is 0. The van der Waals surface area contributed by atoms with Gasteiger partial charge in [-0.2, -0.15) is 18.2 Å². The molecule has 2 heterocycles. The molecule has 0 aliphatic heterocycles. The van der Waals surface area contributed by atoms with E-state index in [9.17, 15) is 18.0 Å². The average Bonchev–Trinajstić information content (AvgIpc) is 2.87. The molecule has 0 atom stereocenters. The van der Waals surface area contributed by atoms with Crippen molar-refractivity contribution >= 4 is 27.0 Å². The lowest BCUT2D eigenvalue weighted by Crippen LogP contribution is -2.29. The van der Waals surface area contributed by atoms with Gasteiger partial charge in [0, 0.05) is 5.56 Å². The number of benzene rings is 1. The predicted molar refractivity (Wildman–Crippen MR) is 77.5 cm³/mol. The molecule has 2 aromatic heterocycles. The van der Waals surface area contributed by atoms with E-state index in [-0.39, 0.29) is 15.8 Å². The SMILES string of the molecule is O=c1c2c(-c3ccccc3)coc2nc(Br)n1CC(F)(F)F. The van der Waals surface area contributed by atoms with Crippen LogP contribution in [-0.2, 0) is 6.54 Å². The first kappa shape index (κ1) is 14.8. The molecule has 3 rings (SSSR count). The molecule has 0 radical (unpaired) electrons. The second-order valence-corrected chi connectivity index (χ2v) is 5.29. The summed E-state index contributed by atoms with van der Waals surface area (Å²) in [6.07, 6.45) is -3.21. The van der Waals surface area contributed by atoms with Crippen molar-refractivity contribution in [1.82, 2.24) is 9.55 Å². The molecule has 0 spiro atoms. The van der Waals surface area contributed by atoms with Crippen LogP contribution < -0.4 is 5.56 Å². The maximum absolute atomic E-state index is 12.6. The molecular weight excluding hydrogens is 365 g/mol.